The molecular formula is C19H21N2O+. The first-order valence-corrected chi connectivity index (χ1v) is 7.76. The van der Waals surface area contributed by atoms with Gasteiger partial charge in [0.1, 0.15) is 0 Å². The Morgan fingerprint density at radius 3 is 2.45 bits per heavy atom. The fourth-order valence-electron chi connectivity index (χ4n) is 2.77. The van der Waals surface area contributed by atoms with Gasteiger partial charge in [-0.25, -0.2) is 0 Å². The van der Waals surface area contributed by atoms with Crippen LogP contribution in [0.2, 0.25) is 0 Å². The Kier molecular flexibility index (Phi) is 4.33. The van der Waals surface area contributed by atoms with Crippen LogP contribution >= 0.6 is 0 Å². The van der Waals surface area contributed by atoms with E-state index < -0.39 is 0 Å². The maximum absolute atomic E-state index is 12.2. The highest BCUT2D eigenvalue weighted by Crippen LogP contribution is 2.27. The number of aryl methyl sites for hydroxylation is 1. The summed E-state index contributed by atoms with van der Waals surface area (Å²) in [5.41, 5.74) is 6.02. The number of nitrogens with zero attached hydrogens (tertiary/aromatic N) is 1. The fraction of sp³-hybridized carbons (Fsp3) is 0.263. The third kappa shape index (κ3) is 3.42. The maximum atomic E-state index is 12.2. The van der Waals surface area contributed by atoms with Crippen LogP contribution < -0.4 is 10.1 Å². The molecule has 112 valence electrons. The molecule has 0 spiro atoms. The summed E-state index contributed by atoms with van der Waals surface area (Å²) in [6.07, 6.45) is 11.8. The first-order valence-electron chi connectivity index (χ1n) is 7.76. The predicted octanol–water partition coefficient (Wildman–Crippen LogP) is 3.49. The predicted molar refractivity (Wildman–Crippen MR) is 87.2 cm³/mol. The molecule has 0 saturated carbocycles. The minimum absolute atomic E-state index is 0.0988. The molecule has 1 aliphatic carbocycles. The Hall–Kier alpha value is -2.42. The van der Waals surface area contributed by atoms with Crippen molar-refractivity contribution in [3.63, 3.8) is 0 Å². The molecule has 0 saturated heterocycles. The summed E-state index contributed by atoms with van der Waals surface area (Å²) >= 11 is 0. The lowest BCUT2D eigenvalue weighted by Crippen LogP contribution is -2.47. The number of allylic oxidation sites excluding steroid dienone is 2. The summed E-state index contributed by atoms with van der Waals surface area (Å²) in [6.45, 7) is 2.01. The van der Waals surface area contributed by atoms with E-state index >= 15 is 0 Å². The minimum atomic E-state index is -0.0988. The van der Waals surface area contributed by atoms with Gasteiger partial charge in [-0.3, -0.25) is 4.79 Å². The number of rotatable bonds is 3. The maximum Gasteiger partial charge on any atom is 0.305 e. The topological polar surface area (TPSA) is 33.0 Å². The molecular weight excluding hydrogens is 272 g/mol. The number of hydrogen-bond acceptors (Lipinski definition) is 1. The Bertz CT molecular complexity index is 672. The quantitative estimate of drug-likeness (QED) is 0.682. The van der Waals surface area contributed by atoms with E-state index in [9.17, 15) is 4.79 Å². The molecule has 1 amide bonds. The molecule has 1 aromatic heterocycles. The van der Waals surface area contributed by atoms with E-state index in [4.69, 9.17) is 0 Å². The fourth-order valence-corrected chi connectivity index (χ4v) is 2.77. The molecule has 1 N–H and O–H groups in total. The molecule has 3 nitrogen and oxygen atoms in total. The van der Waals surface area contributed by atoms with Crippen molar-refractivity contribution in [2.75, 3.05) is 5.43 Å². The van der Waals surface area contributed by atoms with Crippen molar-refractivity contribution < 1.29 is 9.47 Å². The van der Waals surface area contributed by atoms with Gasteiger partial charge < -0.3 is 0 Å². The Morgan fingerprint density at radius 1 is 1.09 bits per heavy atom. The first kappa shape index (κ1) is 14.5. The summed E-state index contributed by atoms with van der Waals surface area (Å²) < 4.78 is 1.71. The standard InChI is InChI=1S/C19H20N2O/c1-15-7-9-18(10-8-15)19(22)20-21-13-11-17(12-14-21)16-5-3-2-4-6-16/h2-3,7-14,16H,4-6H2,1H3/p+1. The summed E-state index contributed by atoms with van der Waals surface area (Å²) in [5, 5.41) is 0. The van der Waals surface area contributed by atoms with E-state index in [1.165, 1.54) is 12.0 Å². The lowest BCUT2D eigenvalue weighted by Gasteiger charge is -2.17. The number of nitrogens with one attached hydrogen (secondary N) is 1. The summed E-state index contributed by atoms with van der Waals surface area (Å²) in [6, 6.07) is 11.8. The van der Waals surface area contributed by atoms with Gasteiger partial charge in [0.05, 0.1) is 0 Å². The van der Waals surface area contributed by atoms with Gasteiger partial charge in [0.15, 0.2) is 12.4 Å². The van der Waals surface area contributed by atoms with E-state index in [1.807, 2.05) is 43.6 Å². The molecule has 0 bridgehead atoms. The van der Waals surface area contributed by atoms with E-state index in [2.05, 4.69) is 29.7 Å². The lowest BCUT2D eigenvalue weighted by molar-refractivity contribution is -0.641. The average Bonchev–Trinajstić information content (AvgIpc) is 2.57. The van der Waals surface area contributed by atoms with Crippen LogP contribution in [0.4, 0.5) is 0 Å². The molecule has 1 aromatic carbocycles. The third-order valence-electron chi connectivity index (χ3n) is 4.14. The average molecular weight is 293 g/mol. The Balaban J connectivity index is 1.66. The van der Waals surface area contributed by atoms with Crippen molar-refractivity contribution in [3.8, 4) is 0 Å². The van der Waals surface area contributed by atoms with Crippen molar-refractivity contribution in [2.24, 2.45) is 0 Å². The highest BCUT2D eigenvalue weighted by Gasteiger charge is 2.15. The molecule has 1 aliphatic rings. The highest BCUT2D eigenvalue weighted by molar-refractivity contribution is 5.98. The summed E-state index contributed by atoms with van der Waals surface area (Å²) in [4.78, 5) is 12.2. The number of benzene rings is 1. The monoisotopic (exact) mass is 293 g/mol. The van der Waals surface area contributed by atoms with E-state index in [-0.39, 0.29) is 5.91 Å². The molecule has 3 rings (SSSR count). The van der Waals surface area contributed by atoms with E-state index in [1.54, 1.807) is 4.68 Å². The molecule has 0 radical (unpaired) electrons. The molecule has 1 unspecified atom stereocenters. The van der Waals surface area contributed by atoms with Gasteiger partial charge in [-0.2, -0.15) is 0 Å². The van der Waals surface area contributed by atoms with Crippen molar-refractivity contribution in [2.45, 2.75) is 32.1 Å². The number of hydrogen-bond donors (Lipinski definition) is 1. The highest BCUT2D eigenvalue weighted by atomic mass is 16.2. The van der Waals surface area contributed by atoms with Gasteiger partial charge in [0.2, 0.25) is 0 Å². The van der Waals surface area contributed by atoms with Crippen LogP contribution in [0, 0.1) is 6.92 Å². The lowest BCUT2D eigenvalue weighted by atomic mass is 9.88. The van der Waals surface area contributed by atoms with Crippen molar-refractivity contribution in [1.82, 2.24) is 0 Å². The summed E-state index contributed by atoms with van der Waals surface area (Å²) in [7, 11) is 0. The number of aromatic nitrogens is 1. The first-order chi connectivity index (χ1) is 10.7. The van der Waals surface area contributed by atoms with Crippen molar-refractivity contribution in [1.29, 1.82) is 0 Å². The molecule has 2 aromatic rings. The number of amides is 1. The van der Waals surface area contributed by atoms with Gasteiger partial charge in [0.25, 0.3) is 0 Å². The van der Waals surface area contributed by atoms with Gasteiger partial charge in [0, 0.05) is 17.7 Å². The number of carbonyl (C=O) groups excluding carboxylic acids is 1. The minimum Gasteiger partial charge on any atom is -0.264 e. The van der Waals surface area contributed by atoms with Crippen LogP contribution in [0.15, 0.2) is 60.9 Å². The van der Waals surface area contributed by atoms with Crippen molar-refractivity contribution >= 4 is 5.91 Å². The zero-order valence-corrected chi connectivity index (χ0v) is 12.8. The van der Waals surface area contributed by atoms with Gasteiger partial charge >= 0.3 is 5.91 Å². The molecule has 0 fully saturated rings. The van der Waals surface area contributed by atoms with E-state index in [0.717, 1.165) is 18.4 Å². The van der Waals surface area contributed by atoms with Crippen LogP contribution in [0.5, 0.6) is 0 Å². The van der Waals surface area contributed by atoms with Crippen LogP contribution in [-0.4, -0.2) is 5.91 Å². The largest absolute Gasteiger partial charge is 0.305 e. The molecule has 3 heteroatoms. The Morgan fingerprint density at radius 2 is 1.82 bits per heavy atom. The smallest absolute Gasteiger partial charge is 0.264 e. The third-order valence-corrected chi connectivity index (χ3v) is 4.14. The molecule has 0 aliphatic heterocycles. The molecule has 1 atom stereocenters. The van der Waals surface area contributed by atoms with Gasteiger partial charge in [-0.05, 0) is 49.8 Å². The molecule has 1 heterocycles. The Labute approximate surface area is 131 Å². The van der Waals surface area contributed by atoms with Gasteiger partial charge in [-0.1, -0.05) is 34.5 Å². The summed E-state index contributed by atoms with van der Waals surface area (Å²) in [5.74, 6) is 0.505. The molecule has 22 heavy (non-hydrogen) atoms. The van der Waals surface area contributed by atoms with Crippen LogP contribution in [0.1, 0.15) is 46.7 Å². The second-order valence-corrected chi connectivity index (χ2v) is 5.83. The zero-order valence-electron chi connectivity index (χ0n) is 12.8. The normalized spacial score (nSPS) is 17.2. The van der Waals surface area contributed by atoms with Crippen LogP contribution in [0.3, 0.4) is 0 Å². The second kappa shape index (κ2) is 6.56. The van der Waals surface area contributed by atoms with Crippen LogP contribution in [0.25, 0.3) is 0 Å². The van der Waals surface area contributed by atoms with Crippen molar-refractivity contribution in [3.05, 3.63) is 77.6 Å². The number of carbonyl (C=O) groups is 1. The second-order valence-electron chi connectivity index (χ2n) is 5.83. The van der Waals surface area contributed by atoms with E-state index in [0.29, 0.717) is 11.5 Å². The van der Waals surface area contributed by atoms with Crippen LogP contribution in [-0.2, 0) is 0 Å². The van der Waals surface area contributed by atoms with Gasteiger partial charge in [-0.15, -0.1) is 5.43 Å². The zero-order chi connectivity index (χ0) is 15.4. The number of pyridine rings is 1. The SMILES string of the molecule is Cc1ccc(C(=O)N[n+]2ccc(C3CC=CCC3)cc2)cc1.